The van der Waals surface area contributed by atoms with Crippen molar-refractivity contribution in [3.8, 4) is 0 Å². The highest BCUT2D eigenvalue weighted by Gasteiger charge is 2.17. The zero-order valence-corrected chi connectivity index (χ0v) is 13.7. The first kappa shape index (κ1) is 17.7. The summed E-state index contributed by atoms with van der Waals surface area (Å²) in [6.07, 6.45) is 6.52. The second-order valence-corrected chi connectivity index (χ2v) is 5.63. The summed E-state index contributed by atoms with van der Waals surface area (Å²) in [5.41, 5.74) is 3.01. The van der Waals surface area contributed by atoms with Crippen molar-refractivity contribution in [3.05, 3.63) is 54.1 Å². The van der Waals surface area contributed by atoms with Crippen molar-refractivity contribution in [1.82, 2.24) is 10.8 Å². The molecule has 3 N–H and O–H groups in total. The van der Waals surface area contributed by atoms with Crippen LogP contribution in [0.3, 0.4) is 0 Å². The topological polar surface area (TPSA) is 81.7 Å². The van der Waals surface area contributed by atoms with Crippen molar-refractivity contribution in [2.75, 3.05) is 18.0 Å². The first-order valence-corrected chi connectivity index (χ1v) is 8.06. The lowest BCUT2D eigenvalue weighted by Gasteiger charge is -2.25. The number of hydrogen-bond acceptors (Lipinski definition) is 4. The SMILES string of the molecule is CCCN(CC(=O)NC1C=CC(C(=O)NO)=CC1)c1ccccc1. The third-order valence-corrected chi connectivity index (χ3v) is 3.76. The fraction of sp³-hybridized carbons (Fsp3) is 0.333. The Labute approximate surface area is 141 Å². The second kappa shape index (κ2) is 8.88. The number of anilines is 1. The van der Waals surface area contributed by atoms with Gasteiger partial charge in [0.2, 0.25) is 5.91 Å². The predicted molar refractivity (Wildman–Crippen MR) is 92.6 cm³/mol. The molecule has 0 fully saturated rings. The minimum atomic E-state index is -0.547. The van der Waals surface area contributed by atoms with Gasteiger partial charge in [0, 0.05) is 17.8 Å². The van der Waals surface area contributed by atoms with Gasteiger partial charge in [-0.3, -0.25) is 14.8 Å². The first-order valence-electron chi connectivity index (χ1n) is 8.06. The molecule has 0 saturated heterocycles. The van der Waals surface area contributed by atoms with E-state index >= 15 is 0 Å². The Morgan fingerprint density at radius 3 is 2.62 bits per heavy atom. The number of hydroxylamine groups is 1. The van der Waals surface area contributed by atoms with Crippen molar-refractivity contribution >= 4 is 17.5 Å². The van der Waals surface area contributed by atoms with Gasteiger partial charge in [-0.2, -0.15) is 0 Å². The third kappa shape index (κ3) is 4.96. The summed E-state index contributed by atoms with van der Waals surface area (Å²) in [7, 11) is 0. The quantitative estimate of drug-likeness (QED) is 0.526. The highest BCUT2D eigenvalue weighted by atomic mass is 16.5. The van der Waals surface area contributed by atoms with Gasteiger partial charge in [0.25, 0.3) is 5.91 Å². The number of carbonyl (C=O) groups is 2. The Morgan fingerprint density at radius 2 is 2.04 bits per heavy atom. The number of nitrogens with one attached hydrogen (secondary N) is 2. The smallest absolute Gasteiger partial charge is 0.274 e. The average molecular weight is 329 g/mol. The largest absolute Gasteiger partial charge is 0.362 e. The van der Waals surface area contributed by atoms with E-state index < -0.39 is 5.91 Å². The minimum Gasteiger partial charge on any atom is -0.362 e. The number of para-hydroxylation sites is 1. The van der Waals surface area contributed by atoms with E-state index in [0.717, 1.165) is 18.7 Å². The molecular weight excluding hydrogens is 306 g/mol. The van der Waals surface area contributed by atoms with Crippen LogP contribution in [-0.4, -0.2) is 36.2 Å². The van der Waals surface area contributed by atoms with Gasteiger partial charge < -0.3 is 10.2 Å². The maximum atomic E-state index is 12.3. The van der Waals surface area contributed by atoms with Crippen LogP contribution in [0.2, 0.25) is 0 Å². The molecule has 1 aromatic rings. The van der Waals surface area contributed by atoms with E-state index in [4.69, 9.17) is 5.21 Å². The van der Waals surface area contributed by atoms with Gasteiger partial charge in [-0.25, -0.2) is 5.48 Å². The summed E-state index contributed by atoms with van der Waals surface area (Å²) in [5.74, 6) is -0.611. The Bertz CT molecular complexity index is 626. The molecule has 0 radical (unpaired) electrons. The van der Waals surface area contributed by atoms with Crippen LogP contribution in [-0.2, 0) is 9.59 Å². The van der Waals surface area contributed by atoms with Crippen LogP contribution in [0.1, 0.15) is 19.8 Å². The van der Waals surface area contributed by atoms with E-state index in [0.29, 0.717) is 12.0 Å². The van der Waals surface area contributed by atoms with Crippen LogP contribution in [0.15, 0.2) is 54.1 Å². The highest BCUT2D eigenvalue weighted by molar-refractivity contribution is 5.95. The number of amides is 2. The monoisotopic (exact) mass is 329 g/mol. The molecule has 0 saturated carbocycles. The maximum absolute atomic E-state index is 12.3. The van der Waals surface area contributed by atoms with Gasteiger partial charge in [-0.1, -0.05) is 43.4 Å². The summed E-state index contributed by atoms with van der Waals surface area (Å²) < 4.78 is 0. The van der Waals surface area contributed by atoms with Gasteiger partial charge >= 0.3 is 0 Å². The molecule has 1 unspecified atom stereocenters. The van der Waals surface area contributed by atoms with Crippen LogP contribution in [0.25, 0.3) is 0 Å². The lowest BCUT2D eigenvalue weighted by molar-refractivity contribution is -0.125. The van der Waals surface area contributed by atoms with E-state index in [1.165, 1.54) is 0 Å². The third-order valence-electron chi connectivity index (χ3n) is 3.76. The predicted octanol–water partition coefficient (Wildman–Crippen LogP) is 1.78. The summed E-state index contributed by atoms with van der Waals surface area (Å²) in [5, 5.41) is 11.6. The molecule has 0 heterocycles. The molecule has 0 spiro atoms. The van der Waals surface area contributed by atoms with Gasteiger partial charge in [0.05, 0.1) is 12.6 Å². The number of hydrogen-bond donors (Lipinski definition) is 3. The maximum Gasteiger partial charge on any atom is 0.274 e. The van der Waals surface area contributed by atoms with Gasteiger partial charge in [-0.05, 0) is 25.0 Å². The number of nitrogens with zero attached hydrogens (tertiary/aromatic N) is 1. The molecule has 1 aliphatic rings. The normalized spacial score (nSPS) is 16.2. The van der Waals surface area contributed by atoms with Crippen molar-refractivity contribution in [2.45, 2.75) is 25.8 Å². The van der Waals surface area contributed by atoms with E-state index in [-0.39, 0.29) is 18.5 Å². The van der Waals surface area contributed by atoms with Gasteiger partial charge in [-0.15, -0.1) is 0 Å². The van der Waals surface area contributed by atoms with Crippen molar-refractivity contribution in [2.24, 2.45) is 0 Å². The molecule has 1 aliphatic carbocycles. The number of carbonyl (C=O) groups excluding carboxylic acids is 2. The molecule has 2 rings (SSSR count). The minimum absolute atomic E-state index is 0.0644. The fourth-order valence-electron chi connectivity index (χ4n) is 2.59. The molecule has 24 heavy (non-hydrogen) atoms. The Balaban J connectivity index is 1.90. The Kier molecular flexibility index (Phi) is 6.57. The van der Waals surface area contributed by atoms with Crippen LogP contribution in [0.4, 0.5) is 5.69 Å². The van der Waals surface area contributed by atoms with Crippen LogP contribution < -0.4 is 15.7 Å². The fourth-order valence-corrected chi connectivity index (χ4v) is 2.59. The summed E-state index contributed by atoms with van der Waals surface area (Å²) >= 11 is 0. The van der Waals surface area contributed by atoms with Crippen LogP contribution in [0.5, 0.6) is 0 Å². The standard InChI is InChI=1S/C18H23N3O3/c1-2-12-21(16-6-4-3-5-7-16)13-17(22)19-15-10-8-14(9-11-15)18(23)20-24/h3-10,15,24H,2,11-13H2,1H3,(H,19,22)(H,20,23). The second-order valence-electron chi connectivity index (χ2n) is 5.63. The zero-order valence-electron chi connectivity index (χ0n) is 13.7. The Morgan fingerprint density at radius 1 is 1.29 bits per heavy atom. The molecule has 6 nitrogen and oxygen atoms in total. The molecule has 0 bridgehead atoms. The summed E-state index contributed by atoms with van der Waals surface area (Å²) in [6.45, 7) is 3.17. The van der Waals surface area contributed by atoms with Crippen molar-refractivity contribution < 1.29 is 14.8 Å². The number of rotatable bonds is 7. The van der Waals surface area contributed by atoms with Crippen molar-refractivity contribution in [3.63, 3.8) is 0 Å². The molecule has 2 amide bonds. The van der Waals surface area contributed by atoms with E-state index in [9.17, 15) is 9.59 Å². The lowest BCUT2D eigenvalue weighted by atomic mass is 10.0. The van der Waals surface area contributed by atoms with E-state index in [1.807, 2.05) is 35.2 Å². The number of benzene rings is 1. The Hall–Kier alpha value is -2.60. The van der Waals surface area contributed by atoms with Crippen molar-refractivity contribution in [1.29, 1.82) is 0 Å². The summed E-state index contributed by atoms with van der Waals surface area (Å²) in [4.78, 5) is 25.7. The zero-order chi connectivity index (χ0) is 17.4. The van der Waals surface area contributed by atoms with E-state index in [2.05, 4.69) is 12.2 Å². The van der Waals surface area contributed by atoms with Gasteiger partial charge in [0.15, 0.2) is 0 Å². The molecule has 128 valence electrons. The molecular formula is C18H23N3O3. The van der Waals surface area contributed by atoms with Crippen LogP contribution >= 0.6 is 0 Å². The summed E-state index contributed by atoms with van der Waals surface area (Å²) in [6, 6.07) is 9.70. The molecule has 1 atom stereocenters. The molecule has 1 aromatic carbocycles. The highest BCUT2D eigenvalue weighted by Crippen LogP contribution is 2.14. The average Bonchev–Trinajstić information content (AvgIpc) is 2.62. The molecule has 6 heteroatoms. The molecule has 0 aromatic heterocycles. The molecule has 0 aliphatic heterocycles. The first-order chi connectivity index (χ1) is 11.6. The lowest BCUT2D eigenvalue weighted by Crippen LogP contribution is -2.42. The van der Waals surface area contributed by atoms with E-state index in [1.54, 1.807) is 23.7 Å². The van der Waals surface area contributed by atoms with Gasteiger partial charge in [0.1, 0.15) is 0 Å². The van der Waals surface area contributed by atoms with Crippen LogP contribution in [0, 0.1) is 0 Å².